The lowest BCUT2D eigenvalue weighted by Crippen LogP contribution is -2.31. The van der Waals surface area contributed by atoms with Gasteiger partial charge in [0.2, 0.25) is 0 Å². The molecule has 0 fully saturated rings. The molecule has 4 rings (SSSR count). The number of nitro benzene ring substituents is 1. The van der Waals surface area contributed by atoms with Crippen LogP contribution >= 0.6 is 12.2 Å². The minimum absolute atomic E-state index is 0.0533. The molecule has 0 aliphatic carbocycles. The van der Waals surface area contributed by atoms with Crippen molar-refractivity contribution in [3.63, 3.8) is 0 Å². The van der Waals surface area contributed by atoms with Gasteiger partial charge in [0.15, 0.2) is 5.11 Å². The number of non-ortho nitro benzene ring substituents is 1. The minimum atomic E-state index is -0.387. The average Bonchev–Trinajstić information content (AvgIpc) is 3.21. The summed E-state index contributed by atoms with van der Waals surface area (Å²) >= 11 is 5.63. The SMILES string of the molecule is O=[N+]([O-])c1cccc([C@@H]2CC(c3ccccc3)=NN2C(=S)Nc2ccccc2)c1. The highest BCUT2D eigenvalue weighted by Crippen LogP contribution is 2.34. The molecule has 1 aliphatic rings. The Morgan fingerprint density at radius 2 is 1.72 bits per heavy atom. The van der Waals surface area contributed by atoms with E-state index in [0.717, 1.165) is 22.5 Å². The van der Waals surface area contributed by atoms with Gasteiger partial charge in [-0.2, -0.15) is 5.10 Å². The van der Waals surface area contributed by atoms with E-state index in [4.69, 9.17) is 17.3 Å². The first kappa shape index (κ1) is 18.8. The molecule has 29 heavy (non-hydrogen) atoms. The van der Waals surface area contributed by atoms with Gasteiger partial charge in [-0.3, -0.25) is 10.1 Å². The Kier molecular flexibility index (Phi) is 5.31. The number of benzene rings is 3. The molecule has 7 heteroatoms. The molecule has 1 N–H and O–H groups in total. The van der Waals surface area contributed by atoms with E-state index >= 15 is 0 Å². The predicted octanol–water partition coefficient (Wildman–Crippen LogP) is 5.14. The van der Waals surface area contributed by atoms with Crippen LogP contribution in [0.25, 0.3) is 0 Å². The summed E-state index contributed by atoms with van der Waals surface area (Å²) in [5.74, 6) is 0. The van der Waals surface area contributed by atoms with E-state index in [2.05, 4.69) is 5.32 Å². The molecular weight excluding hydrogens is 384 g/mol. The maximum absolute atomic E-state index is 11.2. The third kappa shape index (κ3) is 4.14. The summed E-state index contributed by atoms with van der Waals surface area (Å²) in [6.07, 6.45) is 0.599. The number of nitrogens with one attached hydrogen (secondary N) is 1. The number of hydrogen-bond donors (Lipinski definition) is 1. The number of rotatable bonds is 4. The first-order valence-electron chi connectivity index (χ1n) is 9.14. The van der Waals surface area contributed by atoms with Crippen molar-refractivity contribution in [3.8, 4) is 0 Å². The molecule has 1 heterocycles. The van der Waals surface area contributed by atoms with E-state index in [1.165, 1.54) is 6.07 Å². The lowest BCUT2D eigenvalue weighted by Gasteiger charge is -2.24. The molecule has 144 valence electrons. The van der Waals surface area contributed by atoms with Gasteiger partial charge < -0.3 is 5.32 Å². The molecule has 0 saturated heterocycles. The summed E-state index contributed by atoms with van der Waals surface area (Å²) in [5.41, 5.74) is 3.61. The molecular formula is C22H18N4O2S. The van der Waals surface area contributed by atoms with Gasteiger partial charge in [0.25, 0.3) is 5.69 Å². The fourth-order valence-corrected chi connectivity index (χ4v) is 3.60. The Balaban J connectivity index is 1.68. The quantitative estimate of drug-likeness (QED) is 0.372. The second kappa shape index (κ2) is 8.20. The third-order valence-electron chi connectivity index (χ3n) is 4.72. The van der Waals surface area contributed by atoms with Gasteiger partial charge in [-0.05, 0) is 35.5 Å². The molecule has 0 bridgehead atoms. The summed E-state index contributed by atoms with van der Waals surface area (Å²) in [4.78, 5) is 10.8. The third-order valence-corrected chi connectivity index (χ3v) is 5.01. The topological polar surface area (TPSA) is 70.8 Å². The lowest BCUT2D eigenvalue weighted by molar-refractivity contribution is -0.384. The lowest BCUT2D eigenvalue weighted by atomic mass is 9.98. The van der Waals surface area contributed by atoms with E-state index < -0.39 is 0 Å². The summed E-state index contributed by atoms with van der Waals surface area (Å²) < 4.78 is 0. The van der Waals surface area contributed by atoms with Crippen LogP contribution < -0.4 is 5.32 Å². The molecule has 0 aromatic heterocycles. The highest BCUT2D eigenvalue weighted by Gasteiger charge is 2.32. The van der Waals surface area contributed by atoms with Crippen LogP contribution in [0.4, 0.5) is 11.4 Å². The van der Waals surface area contributed by atoms with Crippen molar-refractivity contribution in [1.29, 1.82) is 0 Å². The highest BCUT2D eigenvalue weighted by molar-refractivity contribution is 7.80. The zero-order valence-corrected chi connectivity index (χ0v) is 16.3. The van der Waals surface area contributed by atoms with Gasteiger partial charge >= 0.3 is 0 Å². The second-order valence-electron chi connectivity index (χ2n) is 6.63. The summed E-state index contributed by atoms with van der Waals surface area (Å²) in [6.45, 7) is 0. The largest absolute Gasteiger partial charge is 0.331 e. The van der Waals surface area contributed by atoms with Crippen LogP contribution in [0.1, 0.15) is 23.6 Å². The molecule has 0 spiro atoms. The smallest absolute Gasteiger partial charge is 0.269 e. The number of nitrogens with zero attached hydrogens (tertiary/aromatic N) is 3. The molecule has 1 atom stereocenters. The van der Waals surface area contributed by atoms with E-state index in [1.807, 2.05) is 66.7 Å². The zero-order chi connectivity index (χ0) is 20.2. The van der Waals surface area contributed by atoms with Gasteiger partial charge in [0.1, 0.15) is 0 Å². The van der Waals surface area contributed by atoms with E-state index in [9.17, 15) is 10.1 Å². The van der Waals surface area contributed by atoms with Gasteiger partial charge in [0, 0.05) is 24.2 Å². The summed E-state index contributed by atoms with van der Waals surface area (Å²) in [7, 11) is 0. The molecule has 3 aromatic rings. The van der Waals surface area contributed by atoms with Gasteiger partial charge in [-0.15, -0.1) is 0 Å². The zero-order valence-electron chi connectivity index (χ0n) is 15.4. The Labute approximate surface area is 173 Å². The van der Waals surface area contributed by atoms with Crippen LogP contribution in [0.2, 0.25) is 0 Å². The Bertz CT molecular complexity index is 1070. The Morgan fingerprint density at radius 3 is 2.41 bits per heavy atom. The van der Waals surface area contributed by atoms with Crippen molar-refractivity contribution in [1.82, 2.24) is 5.01 Å². The molecule has 0 amide bonds. The second-order valence-corrected chi connectivity index (χ2v) is 7.01. The standard InChI is InChI=1S/C22H18N4O2S/c27-26(28)19-13-7-10-17(14-19)21-15-20(16-8-3-1-4-9-16)24-25(21)22(29)23-18-11-5-2-6-12-18/h1-14,21H,15H2,(H,23,29)/t21-/m0/s1. The number of hydrogen-bond acceptors (Lipinski definition) is 4. The molecule has 0 unspecified atom stereocenters. The van der Waals surface area contributed by atoms with Crippen LogP contribution in [-0.2, 0) is 0 Å². The van der Waals surface area contributed by atoms with Crippen molar-refractivity contribution in [2.24, 2.45) is 5.10 Å². The van der Waals surface area contributed by atoms with Crippen molar-refractivity contribution in [3.05, 3.63) is 106 Å². The number of thiocarbonyl (C=S) groups is 1. The number of anilines is 1. The minimum Gasteiger partial charge on any atom is -0.331 e. The predicted molar refractivity (Wildman–Crippen MR) is 118 cm³/mol. The maximum Gasteiger partial charge on any atom is 0.269 e. The fourth-order valence-electron chi connectivity index (χ4n) is 3.31. The molecule has 6 nitrogen and oxygen atoms in total. The normalized spacial score (nSPS) is 15.7. The maximum atomic E-state index is 11.2. The van der Waals surface area contributed by atoms with Crippen LogP contribution in [0.3, 0.4) is 0 Å². The fraction of sp³-hybridized carbons (Fsp3) is 0.0909. The molecule has 0 saturated carbocycles. The van der Waals surface area contributed by atoms with Crippen molar-refractivity contribution < 1.29 is 4.92 Å². The van der Waals surface area contributed by atoms with Gasteiger partial charge in [0.05, 0.1) is 16.7 Å². The van der Waals surface area contributed by atoms with Gasteiger partial charge in [-0.1, -0.05) is 60.7 Å². The van der Waals surface area contributed by atoms with E-state index in [-0.39, 0.29) is 16.7 Å². The molecule has 3 aromatic carbocycles. The number of nitro groups is 1. The Hall–Kier alpha value is -3.58. The van der Waals surface area contributed by atoms with Crippen molar-refractivity contribution in [2.45, 2.75) is 12.5 Å². The number of hydrazone groups is 1. The average molecular weight is 402 g/mol. The Morgan fingerprint density at radius 1 is 1.03 bits per heavy atom. The van der Waals surface area contributed by atoms with E-state index in [1.54, 1.807) is 17.1 Å². The van der Waals surface area contributed by atoms with Crippen LogP contribution in [-0.4, -0.2) is 20.8 Å². The van der Waals surface area contributed by atoms with Crippen LogP contribution in [0.5, 0.6) is 0 Å². The summed E-state index contributed by atoms with van der Waals surface area (Å²) in [6, 6.07) is 25.9. The first-order chi connectivity index (χ1) is 14.1. The monoisotopic (exact) mass is 402 g/mol. The van der Waals surface area contributed by atoms with Crippen molar-refractivity contribution >= 4 is 34.4 Å². The summed E-state index contributed by atoms with van der Waals surface area (Å²) in [5, 5.41) is 21.4. The molecule has 0 radical (unpaired) electrons. The van der Waals surface area contributed by atoms with Crippen LogP contribution in [0.15, 0.2) is 90.0 Å². The molecule has 1 aliphatic heterocycles. The van der Waals surface area contributed by atoms with Gasteiger partial charge in [-0.25, -0.2) is 5.01 Å². The first-order valence-corrected chi connectivity index (χ1v) is 9.55. The van der Waals surface area contributed by atoms with Crippen molar-refractivity contribution in [2.75, 3.05) is 5.32 Å². The van der Waals surface area contributed by atoms with E-state index in [0.29, 0.717) is 11.5 Å². The number of para-hydroxylation sites is 1. The highest BCUT2D eigenvalue weighted by atomic mass is 32.1. The van der Waals surface area contributed by atoms with Crippen LogP contribution in [0, 0.1) is 10.1 Å².